The number of carbonyl (C=O) groups excluding carboxylic acids is 1. The number of amides is 1. The molecule has 3 rings (SSSR count). The zero-order valence-corrected chi connectivity index (χ0v) is 16.6. The smallest absolute Gasteiger partial charge is 0.262 e. The molecule has 25 heavy (non-hydrogen) atoms. The van der Waals surface area contributed by atoms with Crippen LogP contribution < -0.4 is 0 Å². The number of rotatable bonds is 7. The summed E-state index contributed by atoms with van der Waals surface area (Å²) in [6.45, 7) is 7.08. The number of hydrogen-bond acceptors (Lipinski definition) is 4. The van der Waals surface area contributed by atoms with E-state index >= 15 is 0 Å². The molecule has 3 aliphatic rings. The van der Waals surface area contributed by atoms with Gasteiger partial charge in [-0.25, -0.2) is 4.99 Å². The predicted octanol–water partition coefficient (Wildman–Crippen LogP) is 4.28. The molecule has 1 aliphatic carbocycles. The largest absolute Gasteiger partial charge is 0.379 e. The van der Waals surface area contributed by atoms with E-state index in [0.717, 1.165) is 63.1 Å². The summed E-state index contributed by atoms with van der Waals surface area (Å²) >= 11 is 1.77. The fraction of sp³-hybridized carbons (Fsp3) is 0.900. The Hall–Kier alpha value is -0.390. The van der Waals surface area contributed by atoms with Crippen molar-refractivity contribution in [3.8, 4) is 0 Å². The molecule has 2 heterocycles. The van der Waals surface area contributed by atoms with E-state index in [-0.39, 0.29) is 10.7 Å². The molecule has 0 spiro atoms. The van der Waals surface area contributed by atoms with Gasteiger partial charge in [0.1, 0.15) is 0 Å². The molecule has 4 nitrogen and oxygen atoms in total. The van der Waals surface area contributed by atoms with E-state index in [2.05, 4.69) is 16.8 Å². The molecule has 142 valence electrons. The molecule has 0 aromatic rings. The van der Waals surface area contributed by atoms with E-state index < -0.39 is 0 Å². The molecule has 0 bridgehead atoms. The number of morpholine rings is 1. The second-order valence-electron chi connectivity index (χ2n) is 8.12. The van der Waals surface area contributed by atoms with Gasteiger partial charge >= 0.3 is 0 Å². The third-order valence-electron chi connectivity index (χ3n) is 5.94. The Morgan fingerprint density at radius 3 is 2.60 bits per heavy atom. The lowest BCUT2D eigenvalue weighted by Gasteiger charge is -2.27. The zero-order valence-electron chi connectivity index (χ0n) is 15.8. The number of hydrogen-bond donors (Lipinski definition) is 0. The number of carbonyl (C=O) groups is 1. The first-order chi connectivity index (χ1) is 12.2. The average Bonchev–Trinajstić information content (AvgIpc) is 2.79. The van der Waals surface area contributed by atoms with Gasteiger partial charge in [0.05, 0.1) is 23.0 Å². The van der Waals surface area contributed by atoms with Crippen LogP contribution in [0, 0.1) is 5.92 Å². The maximum Gasteiger partial charge on any atom is 0.262 e. The molecule has 1 amide bonds. The molecule has 1 saturated carbocycles. The quantitative estimate of drug-likeness (QED) is 0.498. The van der Waals surface area contributed by atoms with Crippen LogP contribution in [0.25, 0.3) is 0 Å². The van der Waals surface area contributed by atoms with Gasteiger partial charge in [-0.05, 0) is 38.6 Å². The molecular weight excluding hydrogens is 332 g/mol. The molecule has 0 radical (unpaired) electrons. The highest BCUT2D eigenvalue weighted by molar-refractivity contribution is 8.16. The van der Waals surface area contributed by atoms with Crippen LogP contribution in [0.15, 0.2) is 4.99 Å². The van der Waals surface area contributed by atoms with E-state index in [9.17, 15) is 4.79 Å². The highest BCUT2D eigenvalue weighted by Crippen LogP contribution is 2.41. The first-order valence-electron chi connectivity index (χ1n) is 10.3. The molecule has 0 aromatic heterocycles. The summed E-state index contributed by atoms with van der Waals surface area (Å²) in [4.78, 5) is 19.4. The lowest BCUT2D eigenvalue weighted by molar-refractivity contribution is -0.119. The molecule has 1 atom stereocenters. The zero-order chi connectivity index (χ0) is 17.5. The number of nitrogens with zero attached hydrogens (tertiary/aromatic N) is 2. The molecule has 1 saturated heterocycles. The lowest BCUT2D eigenvalue weighted by Crippen LogP contribution is -2.37. The van der Waals surface area contributed by atoms with Crippen LogP contribution in [0.1, 0.15) is 71.1 Å². The number of ether oxygens (including phenoxy) is 1. The van der Waals surface area contributed by atoms with Crippen LogP contribution >= 0.6 is 11.8 Å². The van der Waals surface area contributed by atoms with E-state index in [1.165, 1.54) is 44.9 Å². The fourth-order valence-corrected chi connectivity index (χ4v) is 5.59. The van der Waals surface area contributed by atoms with Crippen molar-refractivity contribution in [3.05, 3.63) is 0 Å². The normalized spacial score (nSPS) is 29.6. The highest BCUT2D eigenvalue weighted by atomic mass is 32.2. The van der Waals surface area contributed by atoms with Crippen molar-refractivity contribution in [3.63, 3.8) is 0 Å². The Kier molecular flexibility index (Phi) is 7.38. The number of aliphatic imine (C=N–C) groups is 1. The predicted molar refractivity (Wildman–Crippen MR) is 105 cm³/mol. The average molecular weight is 367 g/mol. The Morgan fingerprint density at radius 2 is 1.88 bits per heavy atom. The minimum atomic E-state index is -0.301. The van der Waals surface area contributed by atoms with E-state index in [1.54, 1.807) is 11.8 Å². The van der Waals surface area contributed by atoms with Crippen LogP contribution in [0.2, 0.25) is 0 Å². The van der Waals surface area contributed by atoms with Crippen LogP contribution in [-0.2, 0) is 9.53 Å². The monoisotopic (exact) mass is 366 g/mol. The molecule has 5 heteroatoms. The standard InChI is InChI=1S/C20H34N2O2S/c1-20(10-6-7-11-22-12-14-24-15-13-22)19(23)21-18(25-20)16-17-8-4-2-3-5-9-17/h17H,2-16H2,1H3. The maximum absolute atomic E-state index is 12.5. The van der Waals surface area contributed by atoms with Gasteiger partial charge in [0.15, 0.2) is 0 Å². The first kappa shape index (κ1) is 19.4. The highest BCUT2D eigenvalue weighted by Gasteiger charge is 2.40. The van der Waals surface area contributed by atoms with E-state index in [1.807, 2.05) is 0 Å². The molecule has 1 unspecified atom stereocenters. The van der Waals surface area contributed by atoms with Gasteiger partial charge < -0.3 is 4.74 Å². The number of unbranched alkanes of at least 4 members (excludes halogenated alkanes) is 1. The molecule has 2 fully saturated rings. The van der Waals surface area contributed by atoms with Gasteiger partial charge in [-0.1, -0.05) is 56.7 Å². The van der Waals surface area contributed by atoms with Crippen molar-refractivity contribution in [1.29, 1.82) is 0 Å². The van der Waals surface area contributed by atoms with Crippen molar-refractivity contribution in [2.24, 2.45) is 10.9 Å². The van der Waals surface area contributed by atoms with E-state index in [0.29, 0.717) is 0 Å². The molecule has 2 aliphatic heterocycles. The topological polar surface area (TPSA) is 41.9 Å². The van der Waals surface area contributed by atoms with Gasteiger partial charge in [-0.15, -0.1) is 0 Å². The number of thioether (sulfide) groups is 1. The van der Waals surface area contributed by atoms with Crippen LogP contribution in [0.5, 0.6) is 0 Å². The van der Waals surface area contributed by atoms with Gasteiger partial charge in [0, 0.05) is 13.1 Å². The van der Waals surface area contributed by atoms with E-state index in [4.69, 9.17) is 4.74 Å². The Labute approximate surface area is 157 Å². The summed E-state index contributed by atoms with van der Waals surface area (Å²) in [5.74, 6) is 0.873. The fourth-order valence-electron chi connectivity index (χ4n) is 4.24. The maximum atomic E-state index is 12.5. The van der Waals surface area contributed by atoms with Gasteiger partial charge in [0.2, 0.25) is 0 Å². The lowest BCUT2D eigenvalue weighted by atomic mass is 9.97. The second-order valence-corrected chi connectivity index (χ2v) is 9.69. The minimum absolute atomic E-state index is 0.118. The molecule has 0 N–H and O–H groups in total. The summed E-state index contributed by atoms with van der Waals surface area (Å²) in [7, 11) is 0. The Balaban J connectivity index is 1.39. The first-order valence-corrected chi connectivity index (χ1v) is 11.1. The molecular formula is C20H34N2O2S. The third kappa shape index (κ3) is 5.80. The van der Waals surface area contributed by atoms with Crippen molar-refractivity contribution in [2.75, 3.05) is 32.8 Å². The van der Waals surface area contributed by atoms with Crippen molar-refractivity contribution >= 4 is 22.7 Å². The van der Waals surface area contributed by atoms with Gasteiger partial charge in [0.25, 0.3) is 5.91 Å². The van der Waals surface area contributed by atoms with Gasteiger partial charge in [-0.3, -0.25) is 9.69 Å². The third-order valence-corrected chi connectivity index (χ3v) is 7.26. The Morgan fingerprint density at radius 1 is 1.16 bits per heavy atom. The second kappa shape index (κ2) is 9.52. The summed E-state index contributed by atoms with van der Waals surface area (Å²) in [6.07, 6.45) is 12.4. The summed E-state index contributed by atoms with van der Waals surface area (Å²) in [5, 5.41) is 1.12. The minimum Gasteiger partial charge on any atom is -0.379 e. The van der Waals surface area contributed by atoms with Crippen LogP contribution in [-0.4, -0.2) is 53.4 Å². The van der Waals surface area contributed by atoms with Crippen LogP contribution in [0.3, 0.4) is 0 Å². The van der Waals surface area contributed by atoms with Crippen molar-refractivity contribution in [1.82, 2.24) is 4.90 Å². The van der Waals surface area contributed by atoms with Crippen LogP contribution in [0.4, 0.5) is 0 Å². The summed E-state index contributed by atoms with van der Waals surface area (Å²) in [6, 6.07) is 0. The SMILES string of the molecule is CC1(CCCCN2CCOCC2)SC(CC2CCCCCC2)=NC1=O. The van der Waals surface area contributed by atoms with Crippen molar-refractivity contribution in [2.45, 2.75) is 75.9 Å². The summed E-state index contributed by atoms with van der Waals surface area (Å²) in [5.41, 5.74) is 0. The Bertz CT molecular complexity index is 468. The van der Waals surface area contributed by atoms with Crippen molar-refractivity contribution < 1.29 is 9.53 Å². The molecule has 0 aromatic carbocycles. The summed E-state index contributed by atoms with van der Waals surface area (Å²) < 4.78 is 5.09. The van der Waals surface area contributed by atoms with Gasteiger partial charge in [-0.2, -0.15) is 0 Å².